The highest BCUT2D eigenvalue weighted by molar-refractivity contribution is 9.10. The number of ether oxygens (including phenoxy) is 1. The molecule has 94 valence electrons. The van der Waals surface area contributed by atoms with Gasteiger partial charge in [0, 0.05) is 4.47 Å². The molecular weight excluding hydrogens is 282 g/mol. The molecule has 0 aliphatic heterocycles. The van der Waals surface area contributed by atoms with Gasteiger partial charge in [-0.3, -0.25) is 0 Å². The lowest BCUT2D eigenvalue weighted by atomic mass is 9.93. The highest BCUT2D eigenvalue weighted by atomic mass is 79.9. The Morgan fingerprint density at radius 2 is 1.76 bits per heavy atom. The lowest BCUT2D eigenvalue weighted by molar-refractivity contribution is -0.161. The zero-order valence-electron chi connectivity index (χ0n) is 10.6. The first kappa shape index (κ1) is 14.2. The zero-order chi connectivity index (χ0) is 13.3. The van der Waals surface area contributed by atoms with Crippen molar-refractivity contribution in [3.05, 3.63) is 34.3 Å². The van der Waals surface area contributed by atoms with Crippen molar-refractivity contribution < 1.29 is 9.53 Å². The van der Waals surface area contributed by atoms with Gasteiger partial charge in [0.05, 0.1) is 0 Å². The van der Waals surface area contributed by atoms with Crippen LogP contribution in [0.3, 0.4) is 0 Å². The number of rotatable bonds is 2. The number of nitrogens with two attached hydrogens (primary N) is 1. The summed E-state index contributed by atoms with van der Waals surface area (Å²) >= 11 is 3.39. The van der Waals surface area contributed by atoms with Crippen LogP contribution in [-0.2, 0) is 15.1 Å². The van der Waals surface area contributed by atoms with Crippen LogP contribution in [0.25, 0.3) is 0 Å². The van der Waals surface area contributed by atoms with E-state index in [-0.39, 0.29) is 0 Å². The molecule has 0 radical (unpaired) electrons. The highest BCUT2D eigenvalue weighted by Crippen LogP contribution is 2.28. The summed E-state index contributed by atoms with van der Waals surface area (Å²) in [7, 11) is 0. The average Bonchev–Trinajstić information content (AvgIpc) is 2.15. The van der Waals surface area contributed by atoms with Gasteiger partial charge in [-0.05, 0) is 39.3 Å². The van der Waals surface area contributed by atoms with Gasteiger partial charge in [-0.25, -0.2) is 4.79 Å². The molecule has 1 atom stereocenters. The number of hydrogen-bond donors (Lipinski definition) is 1. The maximum absolute atomic E-state index is 12.1. The van der Waals surface area contributed by atoms with Gasteiger partial charge in [0.1, 0.15) is 11.1 Å². The topological polar surface area (TPSA) is 52.3 Å². The Bertz CT molecular complexity index is 422. The van der Waals surface area contributed by atoms with Crippen molar-refractivity contribution in [1.29, 1.82) is 0 Å². The van der Waals surface area contributed by atoms with Crippen LogP contribution in [0.2, 0.25) is 0 Å². The lowest BCUT2D eigenvalue weighted by Gasteiger charge is -2.29. The van der Waals surface area contributed by atoms with Crippen molar-refractivity contribution >= 4 is 21.9 Å². The number of carbonyl (C=O) groups excluding carboxylic acids is 1. The van der Waals surface area contributed by atoms with Crippen LogP contribution in [0, 0.1) is 0 Å². The Morgan fingerprint density at radius 3 is 2.24 bits per heavy atom. The van der Waals surface area contributed by atoms with E-state index in [1.165, 1.54) is 0 Å². The average molecular weight is 300 g/mol. The predicted octanol–water partition coefficient (Wildman–Crippen LogP) is 2.96. The molecule has 1 aromatic rings. The molecule has 0 aliphatic rings. The number of benzene rings is 1. The zero-order valence-corrected chi connectivity index (χ0v) is 12.2. The minimum atomic E-state index is -1.16. The molecule has 1 aromatic carbocycles. The van der Waals surface area contributed by atoms with E-state index in [1.807, 2.05) is 45.0 Å². The van der Waals surface area contributed by atoms with Gasteiger partial charge in [-0.1, -0.05) is 34.1 Å². The SMILES string of the molecule is CC(C)(C)OC(=O)C(C)(N)c1ccccc1Br. The summed E-state index contributed by atoms with van der Waals surface area (Å²) in [6.07, 6.45) is 0. The van der Waals surface area contributed by atoms with Crippen molar-refractivity contribution in [3.63, 3.8) is 0 Å². The molecule has 0 saturated heterocycles. The van der Waals surface area contributed by atoms with Crippen LogP contribution >= 0.6 is 15.9 Å². The molecule has 1 unspecified atom stereocenters. The molecule has 0 heterocycles. The van der Waals surface area contributed by atoms with Crippen molar-refractivity contribution in [2.75, 3.05) is 0 Å². The molecule has 2 N–H and O–H groups in total. The first-order chi connectivity index (χ1) is 7.64. The summed E-state index contributed by atoms with van der Waals surface area (Å²) in [5.41, 5.74) is 5.10. The van der Waals surface area contributed by atoms with Crippen LogP contribution in [-0.4, -0.2) is 11.6 Å². The third kappa shape index (κ3) is 3.54. The Kier molecular flexibility index (Phi) is 3.99. The van der Waals surface area contributed by atoms with E-state index in [4.69, 9.17) is 10.5 Å². The van der Waals surface area contributed by atoms with Crippen molar-refractivity contribution in [3.8, 4) is 0 Å². The van der Waals surface area contributed by atoms with Gasteiger partial charge in [0.15, 0.2) is 0 Å². The van der Waals surface area contributed by atoms with Crippen LogP contribution in [0.15, 0.2) is 28.7 Å². The Balaban J connectivity index is 3.03. The van der Waals surface area contributed by atoms with Gasteiger partial charge >= 0.3 is 5.97 Å². The second-order valence-electron chi connectivity index (χ2n) is 5.18. The standard InChI is InChI=1S/C13H18BrNO2/c1-12(2,3)17-11(16)13(4,15)9-7-5-6-8-10(9)14/h5-8H,15H2,1-4H3. The number of carbonyl (C=O) groups is 1. The maximum Gasteiger partial charge on any atom is 0.331 e. The van der Waals surface area contributed by atoms with Crippen molar-refractivity contribution in [2.24, 2.45) is 5.73 Å². The molecule has 0 saturated carbocycles. The summed E-state index contributed by atoms with van der Waals surface area (Å²) in [6.45, 7) is 7.12. The van der Waals surface area contributed by atoms with Gasteiger partial charge < -0.3 is 10.5 Å². The molecule has 0 amide bonds. The van der Waals surface area contributed by atoms with Crippen LogP contribution in [0.4, 0.5) is 0 Å². The van der Waals surface area contributed by atoms with E-state index >= 15 is 0 Å². The first-order valence-electron chi connectivity index (χ1n) is 5.42. The van der Waals surface area contributed by atoms with Gasteiger partial charge in [-0.15, -0.1) is 0 Å². The third-order valence-corrected chi connectivity index (χ3v) is 2.95. The molecule has 0 spiro atoms. The molecule has 0 bridgehead atoms. The summed E-state index contributed by atoms with van der Waals surface area (Å²) < 4.78 is 6.13. The van der Waals surface area contributed by atoms with Crippen LogP contribution < -0.4 is 5.73 Å². The second kappa shape index (κ2) is 4.78. The third-order valence-electron chi connectivity index (χ3n) is 2.26. The smallest absolute Gasteiger partial charge is 0.331 e. The predicted molar refractivity (Wildman–Crippen MR) is 71.5 cm³/mol. The van der Waals surface area contributed by atoms with Gasteiger partial charge in [0.25, 0.3) is 0 Å². The molecule has 1 rings (SSSR count). The Hall–Kier alpha value is -0.870. The quantitative estimate of drug-likeness (QED) is 0.854. The van der Waals surface area contributed by atoms with Crippen molar-refractivity contribution in [2.45, 2.75) is 38.8 Å². The van der Waals surface area contributed by atoms with E-state index in [0.29, 0.717) is 5.56 Å². The molecule has 0 aromatic heterocycles. The monoisotopic (exact) mass is 299 g/mol. The number of hydrogen-bond acceptors (Lipinski definition) is 3. The van der Waals surface area contributed by atoms with Gasteiger partial charge in [0.2, 0.25) is 0 Å². The van der Waals surface area contributed by atoms with E-state index < -0.39 is 17.1 Å². The summed E-state index contributed by atoms with van der Waals surface area (Å²) in [5, 5.41) is 0. The fraction of sp³-hybridized carbons (Fsp3) is 0.462. The summed E-state index contributed by atoms with van der Waals surface area (Å²) in [6, 6.07) is 7.38. The van der Waals surface area contributed by atoms with E-state index in [0.717, 1.165) is 4.47 Å². The molecule has 4 heteroatoms. The fourth-order valence-corrected chi connectivity index (χ4v) is 2.07. The van der Waals surface area contributed by atoms with Gasteiger partial charge in [-0.2, -0.15) is 0 Å². The highest BCUT2D eigenvalue weighted by Gasteiger charge is 2.36. The lowest BCUT2D eigenvalue weighted by Crippen LogP contribution is -2.46. The normalized spacial score (nSPS) is 15.2. The Labute approximate surface area is 110 Å². The Morgan fingerprint density at radius 1 is 1.24 bits per heavy atom. The summed E-state index contributed by atoms with van der Waals surface area (Å²) in [5.74, 6) is -0.433. The summed E-state index contributed by atoms with van der Waals surface area (Å²) in [4.78, 5) is 12.1. The largest absolute Gasteiger partial charge is 0.458 e. The van der Waals surface area contributed by atoms with Crippen molar-refractivity contribution in [1.82, 2.24) is 0 Å². The molecule has 0 aliphatic carbocycles. The van der Waals surface area contributed by atoms with E-state index in [1.54, 1.807) is 6.92 Å². The number of esters is 1. The van der Waals surface area contributed by atoms with E-state index in [9.17, 15) is 4.79 Å². The van der Waals surface area contributed by atoms with Crippen LogP contribution in [0.5, 0.6) is 0 Å². The minimum absolute atomic E-state index is 0.433. The maximum atomic E-state index is 12.1. The second-order valence-corrected chi connectivity index (χ2v) is 6.04. The number of halogens is 1. The first-order valence-corrected chi connectivity index (χ1v) is 6.21. The fourth-order valence-electron chi connectivity index (χ4n) is 1.38. The van der Waals surface area contributed by atoms with E-state index in [2.05, 4.69) is 15.9 Å². The minimum Gasteiger partial charge on any atom is -0.458 e. The molecule has 0 fully saturated rings. The molecule has 3 nitrogen and oxygen atoms in total. The molecular formula is C13H18BrNO2. The molecule has 17 heavy (non-hydrogen) atoms. The van der Waals surface area contributed by atoms with Crippen LogP contribution in [0.1, 0.15) is 33.3 Å².